The van der Waals surface area contributed by atoms with Crippen LogP contribution in [0.25, 0.3) is 0 Å². The van der Waals surface area contributed by atoms with Gasteiger partial charge in [-0.15, -0.1) is 0 Å². The number of sulfonamides is 1. The molecule has 0 radical (unpaired) electrons. The number of rotatable bonds is 6. The van der Waals surface area contributed by atoms with Gasteiger partial charge in [-0.25, -0.2) is 13.8 Å². The Labute approximate surface area is 183 Å². The van der Waals surface area contributed by atoms with E-state index in [1.54, 1.807) is 60.8 Å². The van der Waals surface area contributed by atoms with E-state index in [4.69, 9.17) is 0 Å². The van der Waals surface area contributed by atoms with Crippen molar-refractivity contribution in [2.45, 2.75) is 25.7 Å². The standard InChI is InChI=1S/C24H25N3O3S/c1-17-10-11-21(19(3)18(17)2)16-25-26-24(28)20-12-14-22(15-13-20)27(4)31(29,30)23-8-6-5-7-9-23/h5-16H,1-4H3,(H,26,28)/b25-16+. The van der Waals surface area contributed by atoms with Crippen LogP contribution in [0.4, 0.5) is 5.69 Å². The van der Waals surface area contributed by atoms with Gasteiger partial charge in [0.1, 0.15) is 0 Å². The van der Waals surface area contributed by atoms with Crippen molar-refractivity contribution < 1.29 is 13.2 Å². The van der Waals surface area contributed by atoms with Gasteiger partial charge in [0, 0.05) is 12.6 Å². The Balaban J connectivity index is 1.70. The van der Waals surface area contributed by atoms with E-state index in [2.05, 4.69) is 24.4 Å². The van der Waals surface area contributed by atoms with E-state index in [1.807, 2.05) is 19.1 Å². The molecule has 0 saturated carbocycles. The highest BCUT2D eigenvalue weighted by Gasteiger charge is 2.21. The Hall–Kier alpha value is -3.45. The summed E-state index contributed by atoms with van der Waals surface area (Å²) in [6, 6.07) is 18.5. The molecule has 0 spiro atoms. The van der Waals surface area contributed by atoms with Gasteiger partial charge in [-0.2, -0.15) is 5.10 Å². The maximum absolute atomic E-state index is 12.7. The summed E-state index contributed by atoms with van der Waals surface area (Å²) in [5, 5.41) is 4.06. The molecule has 0 aliphatic carbocycles. The van der Waals surface area contributed by atoms with Gasteiger partial charge in [-0.05, 0) is 79.4 Å². The number of nitrogens with zero attached hydrogens (tertiary/aromatic N) is 2. The number of benzene rings is 3. The Morgan fingerprint density at radius 3 is 2.19 bits per heavy atom. The monoisotopic (exact) mass is 435 g/mol. The number of carbonyl (C=O) groups is 1. The van der Waals surface area contributed by atoms with Gasteiger partial charge in [0.05, 0.1) is 16.8 Å². The average molecular weight is 436 g/mol. The second-order valence-electron chi connectivity index (χ2n) is 7.25. The van der Waals surface area contributed by atoms with Crippen LogP contribution in [0.1, 0.15) is 32.6 Å². The molecule has 6 nitrogen and oxygen atoms in total. The zero-order chi connectivity index (χ0) is 22.6. The van der Waals surface area contributed by atoms with Crippen molar-refractivity contribution in [1.29, 1.82) is 0 Å². The minimum absolute atomic E-state index is 0.204. The van der Waals surface area contributed by atoms with Crippen LogP contribution in [0.3, 0.4) is 0 Å². The molecule has 0 aliphatic heterocycles. The second kappa shape index (κ2) is 9.14. The SMILES string of the molecule is Cc1ccc(/C=N/NC(=O)c2ccc(N(C)S(=O)(=O)c3ccccc3)cc2)c(C)c1C. The van der Waals surface area contributed by atoms with Gasteiger partial charge >= 0.3 is 0 Å². The first kappa shape index (κ1) is 22.2. The third kappa shape index (κ3) is 4.83. The number of hydrogen-bond donors (Lipinski definition) is 1. The molecule has 1 N–H and O–H groups in total. The van der Waals surface area contributed by atoms with Gasteiger partial charge in [0.25, 0.3) is 15.9 Å². The zero-order valence-electron chi connectivity index (χ0n) is 18.0. The summed E-state index contributed by atoms with van der Waals surface area (Å²) in [5.74, 6) is -0.377. The smallest absolute Gasteiger partial charge is 0.269 e. The molecule has 3 rings (SSSR count). The Morgan fingerprint density at radius 1 is 0.903 bits per heavy atom. The summed E-state index contributed by atoms with van der Waals surface area (Å²) >= 11 is 0. The molecule has 0 bridgehead atoms. The van der Waals surface area contributed by atoms with Crippen molar-refractivity contribution in [2.75, 3.05) is 11.4 Å². The van der Waals surface area contributed by atoms with Crippen LogP contribution in [0.5, 0.6) is 0 Å². The Kier molecular flexibility index (Phi) is 6.56. The Bertz CT molecular complexity index is 1220. The van der Waals surface area contributed by atoms with E-state index >= 15 is 0 Å². The van der Waals surface area contributed by atoms with Gasteiger partial charge in [-0.1, -0.05) is 30.3 Å². The first-order valence-electron chi connectivity index (χ1n) is 9.76. The van der Waals surface area contributed by atoms with Gasteiger partial charge in [0.15, 0.2) is 0 Å². The molecule has 1 amide bonds. The molecule has 0 atom stereocenters. The molecule has 7 heteroatoms. The van der Waals surface area contributed by atoms with Crippen LogP contribution in [0.2, 0.25) is 0 Å². The molecular formula is C24H25N3O3S. The lowest BCUT2D eigenvalue weighted by Crippen LogP contribution is -2.26. The maximum atomic E-state index is 12.7. The van der Waals surface area contributed by atoms with E-state index < -0.39 is 10.0 Å². The van der Waals surface area contributed by atoms with E-state index in [-0.39, 0.29) is 10.8 Å². The third-order valence-electron chi connectivity index (χ3n) is 5.36. The number of nitrogens with one attached hydrogen (secondary N) is 1. The number of aryl methyl sites for hydroxylation is 1. The molecule has 3 aromatic rings. The van der Waals surface area contributed by atoms with Gasteiger partial charge < -0.3 is 0 Å². The van der Waals surface area contributed by atoms with Crippen LogP contribution in [-0.2, 0) is 10.0 Å². The molecule has 0 aromatic heterocycles. The summed E-state index contributed by atoms with van der Waals surface area (Å²) in [7, 11) is -2.19. The van der Waals surface area contributed by atoms with Crippen molar-refractivity contribution in [3.63, 3.8) is 0 Å². The summed E-state index contributed by atoms with van der Waals surface area (Å²) < 4.78 is 26.6. The lowest BCUT2D eigenvalue weighted by molar-refractivity contribution is 0.0955. The first-order chi connectivity index (χ1) is 14.7. The predicted molar refractivity (Wildman–Crippen MR) is 124 cm³/mol. The van der Waals surface area contributed by atoms with E-state index in [0.717, 1.165) is 11.1 Å². The topological polar surface area (TPSA) is 78.8 Å². The van der Waals surface area contributed by atoms with Crippen molar-refractivity contribution in [3.05, 3.63) is 94.5 Å². The average Bonchev–Trinajstić information content (AvgIpc) is 2.79. The summed E-state index contributed by atoms with van der Waals surface area (Å²) in [6.45, 7) is 6.12. The minimum atomic E-state index is -3.67. The number of hydrazone groups is 1. The van der Waals surface area contributed by atoms with Crippen LogP contribution in [-0.4, -0.2) is 27.6 Å². The summed E-state index contributed by atoms with van der Waals surface area (Å²) in [5.41, 5.74) is 7.80. The highest BCUT2D eigenvalue weighted by atomic mass is 32.2. The van der Waals surface area contributed by atoms with Gasteiger partial charge in [-0.3, -0.25) is 9.10 Å². The fourth-order valence-corrected chi connectivity index (χ4v) is 4.27. The normalized spacial score (nSPS) is 11.5. The lowest BCUT2D eigenvalue weighted by Gasteiger charge is -2.19. The fraction of sp³-hybridized carbons (Fsp3) is 0.167. The number of anilines is 1. The highest BCUT2D eigenvalue weighted by Crippen LogP contribution is 2.22. The summed E-state index contributed by atoms with van der Waals surface area (Å²) in [4.78, 5) is 12.6. The predicted octanol–water partition coefficient (Wildman–Crippen LogP) is 4.20. The van der Waals surface area contributed by atoms with Crippen LogP contribution < -0.4 is 9.73 Å². The molecule has 0 unspecified atom stereocenters. The Morgan fingerprint density at radius 2 is 1.55 bits per heavy atom. The van der Waals surface area contributed by atoms with Gasteiger partial charge in [0.2, 0.25) is 0 Å². The van der Waals surface area contributed by atoms with Crippen LogP contribution in [0, 0.1) is 20.8 Å². The molecular weight excluding hydrogens is 410 g/mol. The number of hydrogen-bond acceptors (Lipinski definition) is 4. The van der Waals surface area contributed by atoms with E-state index in [0.29, 0.717) is 11.3 Å². The molecule has 0 heterocycles. The maximum Gasteiger partial charge on any atom is 0.271 e. The number of amides is 1. The third-order valence-corrected chi connectivity index (χ3v) is 7.16. The van der Waals surface area contributed by atoms with E-state index in [9.17, 15) is 13.2 Å². The molecule has 0 aliphatic rings. The minimum Gasteiger partial charge on any atom is -0.269 e. The highest BCUT2D eigenvalue weighted by molar-refractivity contribution is 7.92. The number of carbonyl (C=O) groups excluding carboxylic acids is 1. The van der Waals surface area contributed by atoms with Crippen molar-refractivity contribution in [1.82, 2.24) is 5.43 Å². The van der Waals surface area contributed by atoms with Crippen LogP contribution in [0.15, 0.2) is 76.7 Å². The van der Waals surface area contributed by atoms with Crippen molar-refractivity contribution >= 4 is 27.8 Å². The first-order valence-corrected chi connectivity index (χ1v) is 11.2. The molecule has 0 fully saturated rings. The second-order valence-corrected chi connectivity index (χ2v) is 9.22. The summed E-state index contributed by atoms with van der Waals surface area (Å²) in [6.07, 6.45) is 1.62. The van der Waals surface area contributed by atoms with Crippen molar-refractivity contribution in [3.8, 4) is 0 Å². The lowest BCUT2D eigenvalue weighted by atomic mass is 10.00. The molecule has 0 saturated heterocycles. The van der Waals surface area contributed by atoms with Crippen molar-refractivity contribution in [2.24, 2.45) is 5.10 Å². The molecule has 3 aromatic carbocycles. The molecule has 160 valence electrons. The fourth-order valence-electron chi connectivity index (χ4n) is 3.05. The van der Waals surface area contributed by atoms with E-state index in [1.165, 1.54) is 22.5 Å². The molecule has 31 heavy (non-hydrogen) atoms. The quantitative estimate of drug-likeness (QED) is 0.466. The zero-order valence-corrected chi connectivity index (χ0v) is 18.8. The van der Waals surface area contributed by atoms with Crippen LogP contribution >= 0.6 is 0 Å². The largest absolute Gasteiger partial charge is 0.271 e.